The molecule has 1 saturated heterocycles. The van der Waals surface area contributed by atoms with E-state index in [9.17, 15) is 32.7 Å². The number of aromatic nitrogens is 2. The summed E-state index contributed by atoms with van der Waals surface area (Å²) in [6.45, 7) is 2.27. The van der Waals surface area contributed by atoms with Gasteiger partial charge in [-0.3, -0.25) is 9.59 Å². The third-order valence-corrected chi connectivity index (χ3v) is 10.6. The molecule has 7 rings (SSSR count). The maximum Gasteiger partial charge on any atom is 0.416 e. The molecule has 0 radical (unpaired) electrons. The van der Waals surface area contributed by atoms with Crippen LogP contribution in [0.25, 0.3) is 11.1 Å². The van der Waals surface area contributed by atoms with Gasteiger partial charge in [0.1, 0.15) is 5.82 Å². The number of hydrogen-bond donors (Lipinski definition) is 2. The number of aliphatic hydroxyl groups excluding tert-OH is 1. The van der Waals surface area contributed by atoms with Gasteiger partial charge in [0.2, 0.25) is 0 Å². The van der Waals surface area contributed by atoms with E-state index in [1.165, 1.54) is 17.4 Å². The lowest BCUT2D eigenvalue weighted by Gasteiger charge is -2.31. The van der Waals surface area contributed by atoms with Gasteiger partial charge in [0.05, 0.1) is 28.8 Å². The average Bonchev–Trinajstić information content (AvgIpc) is 3.99. The second kappa shape index (κ2) is 14.2. The number of piperidine rings is 1. The zero-order chi connectivity index (χ0) is 36.6. The van der Waals surface area contributed by atoms with Gasteiger partial charge in [-0.2, -0.15) is 13.2 Å². The number of nitrogens with one attached hydrogen (secondary N) is 1. The Balaban J connectivity index is 1.06. The molecule has 3 aliphatic rings. The lowest BCUT2D eigenvalue weighted by atomic mass is 9.91. The Bertz CT molecular complexity index is 2020. The molecule has 2 aliphatic heterocycles. The minimum atomic E-state index is -4.62. The number of rotatable bonds is 7. The first-order valence-corrected chi connectivity index (χ1v) is 17.9. The molecule has 1 aromatic heterocycles. The molecule has 3 aromatic carbocycles. The van der Waals surface area contributed by atoms with Gasteiger partial charge in [-0.15, -0.1) is 0 Å². The second-order valence-corrected chi connectivity index (χ2v) is 14.3. The number of carbonyl (C=O) groups excluding carboxylic acids is 2. The van der Waals surface area contributed by atoms with Crippen LogP contribution in [0.3, 0.4) is 0 Å². The zero-order valence-electron chi connectivity index (χ0n) is 29.1. The Kier molecular flexibility index (Phi) is 9.69. The lowest BCUT2D eigenvalue weighted by molar-refractivity contribution is -0.142. The molecule has 0 spiro atoms. The quantitative estimate of drug-likeness (QED) is 0.225. The van der Waals surface area contributed by atoms with Crippen molar-refractivity contribution in [3.8, 4) is 11.1 Å². The van der Waals surface area contributed by atoms with Gasteiger partial charge in [0.15, 0.2) is 6.10 Å². The van der Waals surface area contributed by atoms with E-state index in [0.29, 0.717) is 36.5 Å². The van der Waals surface area contributed by atoms with Crippen molar-refractivity contribution in [3.05, 3.63) is 122 Å². The number of halogens is 3. The van der Waals surface area contributed by atoms with Crippen molar-refractivity contribution in [2.75, 3.05) is 26.7 Å². The molecule has 1 atom stereocenters. The first-order chi connectivity index (χ1) is 24.9. The van der Waals surface area contributed by atoms with E-state index in [2.05, 4.69) is 23.2 Å². The zero-order valence-corrected chi connectivity index (χ0v) is 29.1. The highest BCUT2D eigenvalue weighted by Crippen LogP contribution is 2.52. The molecular formula is C40H42F3N5O4. The highest BCUT2D eigenvalue weighted by atomic mass is 19.4. The van der Waals surface area contributed by atoms with Crippen LogP contribution in [-0.2, 0) is 35.9 Å². The predicted molar refractivity (Wildman–Crippen MR) is 189 cm³/mol. The molecule has 3 heterocycles. The van der Waals surface area contributed by atoms with Crippen LogP contribution in [0.1, 0.15) is 84.0 Å². The van der Waals surface area contributed by atoms with Crippen LogP contribution in [0.5, 0.6) is 0 Å². The van der Waals surface area contributed by atoms with E-state index in [1.807, 2.05) is 42.3 Å². The normalized spacial score (nSPS) is 17.6. The minimum Gasteiger partial charge on any atom is -0.378 e. The van der Waals surface area contributed by atoms with Crippen LogP contribution in [0.4, 0.5) is 18.0 Å². The van der Waals surface area contributed by atoms with Gasteiger partial charge in [-0.1, -0.05) is 60.7 Å². The maximum absolute atomic E-state index is 13.6. The minimum absolute atomic E-state index is 0.0642. The molecular weight excluding hydrogens is 671 g/mol. The summed E-state index contributed by atoms with van der Waals surface area (Å²) < 4.78 is 39.8. The van der Waals surface area contributed by atoms with Crippen LogP contribution in [0, 0.1) is 0 Å². The summed E-state index contributed by atoms with van der Waals surface area (Å²) in [5.74, 6) is -0.189. The van der Waals surface area contributed by atoms with Crippen molar-refractivity contribution in [3.63, 3.8) is 0 Å². The molecule has 4 aromatic rings. The SMILES string of the molecule is CN(Cc1ccc(-c2cccc(C3(c4nc5c(c(=O)[nH]4)CN(C(=O)[C@H](O)c4cccc(C(F)(F)F)c4)CCC5)CC3)c2)cc1)C(=O)N1CCCCC1. The van der Waals surface area contributed by atoms with Gasteiger partial charge in [-0.25, -0.2) is 9.78 Å². The average molecular weight is 714 g/mol. The first-order valence-electron chi connectivity index (χ1n) is 17.9. The van der Waals surface area contributed by atoms with E-state index in [1.54, 1.807) is 4.90 Å². The Morgan fingerprint density at radius 1 is 0.923 bits per heavy atom. The van der Waals surface area contributed by atoms with Crippen molar-refractivity contribution in [1.29, 1.82) is 0 Å². The Hall–Kier alpha value is -4.97. The summed E-state index contributed by atoms with van der Waals surface area (Å²) >= 11 is 0. The number of benzene rings is 3. The van der Waals surface area contributed by atoms with Gasteiger partial charge in [0.25, 0.3) is 11.5 Å². The monoisotopic (exact) mass is 713 g/mol. The van der Waals surface area contributed by atoms with Gasteiger partial charge in [-0.05, 0) is 84.9 Å². The highest BCUT2D eigenvalue weighted by Gasteiger charge is 2.49. The van der Waals surface area contributed by atoms with E-state index in [0.717, 1.165) is 79.2 Å². The number of amides is 3. The maximum atomic E-state index is 13.6. The molecule has 2 N–H and O–H groups in total. The smallest absolute Gasteiger partial charge is 0.378 e. The Morgan fingerprint density at radius 3 is 2.35 bits per heavy atom. The van der Waals surface area contributed by atoms with Crippen molar-refractivity contribution in [2.45, 2.75) is 75.7 Å². The summed E-state index contributed by atoms with van der Waals surface area (Å²) in [5.41, 5.74) is 3.12. The summed E-state index contributed by atoms with van der Waals surface area (Å²) in [7, 11) is 1.84. The van der Waals surface area contributed by atoms with E-state index >= 15 is 0 Å². The van der Waals surface area contributed by atoms with Crippen LogP contribution in [0.2, 0.25) is 0 Å². The number of hydrogen-bond acceptors (Lipinski definition) is 5. The fourth-order valence-electron chi connectivity index (χ4n) is 7.49. The molecule has 272 valence electrons. The number of aliphatic hydroxyl groups is 1. The second-order valence-electron chi connectivity index (χ2n) is 14.3. The van der Waals surface area contributed by atoms with Crippen molar-refractivity contribution < 1.29 is 27.9 Å². The number of carbonyl (C=O) groups is 2. The van der Waals surface area contributed by atoms with Gasteiger partial charge in [0, 0.05) is 33.2 Å². The standard InChI is InChI=1S/C40H42F3N5O4/c1-46(38(52)47-19-3-2-4-20-47)24-26-13-15-27(16-14-26)28-8-5-10-30(22-28)39(17-18-39)37-44-33-12-7-21-48(25-32(33)35(50)45-37)36(51)34(49)29-9-6-11-31(23-29)40(41,42)43/h5-6,8-11,13-16,22-23,34,49H,2-4,7,12,17-21,24-25H2,1H3,(H,44,45,50)/t34-/m1/s1. The van der Waals surface area contributed by atoms with E-state index in [4.69, 9.17) is 4.98 Å². The fraction of sp³-hybridized carbons (Fsp3) is 0.400. The van der Waals surface area contributed by atoms with Crippen molar-refractivity contribution >= 4 is 11.9 Å². The number of aromatic amines is 1. The lowest BCUT2D eigenvalue weighted by Crippen LogP contribution is -2.43. The Labute approximate surface area is 300 Å². The first kappa shape index (κ1) is 35.4. The van der Waals surface area contributed by atoms with Crippen LogP contribution in [0.15, 0.2) is 77.6 Å². The van der Waals surface area contributed by atoms with Gasteiger partial charge >= 0.3 is 12.2 Å². The predicted octanol–water partition coefficient (Wildman–Crippen LogP) is 6.58. The van der Waals surface area contributed by atoms with Gasteiger partial charge < -0.3 is 24.8 Å². The fourth-order valence-corrected chi connectivity index (χ4v) is 7.49. The molecule has 2 fully saturated rings. The number of nitrogens with zero attached hydrogens (tertiary/aromatic N) is 4. The van der Waals surface area contributed by atoms with Crippen LogP contribution in [-0.4, -0.2) is 68.4 Å². The van der Waals surface area contributed by atoms with Crippen molar-refractivity contribution in [2.24, 2.45) is 0 Å². The largest absolute Gasteiger partial charge is 0.416 e. The van der Waals surface area contributed by atoms with Crippen molar-refractivity contribution in [1.82, 2.24) is 24.7 Å². The highest BCUT2D eigenvalue weighted by molar-refractivity contribution is 5.82. The number of likely N-dealkylation sites (tertiary alicyclic amines) is 1. The number of H-pyrrole nitrogens is 1. The summed E-state index contributed by atoms with van der Waals surface area (Å²) in [6.07, 6.45) is -0.604. The molecule has 9 nitrogen and oxygen atoms in total. The molecule has 1 aliphatic carbocycles. The van der Waals surface area contributed by atoms with E-state index in [-0.39, 0.29) is 30.2 Å². The number of aryl methyl sites for hydroxylation is 1. The third kappa shape index (κ3) is 7.21. The number of alkyl halides is 3. The molecule has 3 amide bonds. The summed E-state index contributed by atoms with van der Waals surface area (Å²) in [5, 5.41) is 10.8. The molecule has 12 heteroatoms. The number of urea groups is 1. The Morgan fingerprint density at radius 2 is 1.63 bits per heavy atom. The summed E-state index contributed by atoms with van der Waals surface area (Å²) in [6, 6.07) is 20.6. The molecule has 52 heavy (non-hydrogen) atoms. The topological polar surface area (TPSA) is 110 Å². The van der Waals surface area contributed by atoms with Crippen LogP contribution >= 0.6 is 0 Å². The number of fused-ring (bicyclic) bond motifs is 1. The van der Waals surface area contributed by atoms with Crippen LogP contribution < -0.4 is 5.56 Å². The molecule has 0 unspecified atom stereocenters. The molecule has 1 saturated carbocycles. The third-order valence-electron chi connectivity index (χ3n) is 10.6. The van der Waals surface area contributed by atoms with E-state index < -0.39 is 29.2 Å². The molecule has 0 bridgehead atoms. The summed E-state index contributed by atoms with van der Waals surface area (Å²) in [4.78, 5) is 52.7.